The van der Waals surface area contributed by atoms with Crippen LogP contribution in [0.4, 0.5) is 20.2 Å². The molecule has 3 N–H and O–H groups in total. The van der Waals surface area contributed by atoms with Gasteiger partial charge in [0.25, 0.3) is 15.9 Å². The van der Waals surface area contributed by atoms with Gasteiger partial charge in [0.05, 0.1) is 19.1 Å². The number of alkyl halides is 2. The Bertz CT molecular complexity index is 1050. The van der Waals surface area contributed by atoms with Gasteiger partial charge < -0.3 is 15.2 Å². The molecule has 0 aliphatic rings. The second-order valence-electron chi connectivity index (χ2n) is 7.69. The van der Waals surface area contributed by atoms with Gasteiger partial charge in [0.1, 0.15) is 10.6 Å². The molecule has 0 aromatic heterocycles. The summed E-state index contributed by atoms with van der Waals surface area (Å²) in [6.45, 7) is 5.83. The molecular formula is C22H28F2N2O5S. The van der Waals surface area contributed by atoms with E-state index < -0.39 is 27.8 Å². The van der Waals surface area contributed by atoms with E-state index in [1.54, 1.807) is 20.8 Å². The normalized spacial score (nSPS) is 13.0. The summed E-state index contributed by atoms with van der Waals surface area (Å²) >= 11 is 0. The molecule has 1 amide bonds. The number of carbonyl (C=O) groups excluding carboxylic acids is 1. The van der Waals surface area contributed by atoms with E-state index in [1.165, 1.54) is 36.4 Å². The Morgan fingerprint density at radius 1 is 1.16 bits per heavy atom. The molecule has 0 bridgehead atoms. The van der Waals surface area contributed by atoms with Crippen molar-refractivity contribution in [1.82, 2.24) is 0 Å². The highest BCUT2D eigenvalue weighted by molar-refractivity contribution is 7.92. The first-order valence-electron chi connectivity index (χ1n) is 10.1. The number of anilines is 2. The fraction of sp³-hybridized carbons (Fsp3) is 0.409. The number of hydrogen-bond acceptors (Lipinski definition) is 5. The summed E-state index contributed by atoms with van der Waals surface area (Å²) in [5.74, 6) is -4.27. The molecule has 0 saturated heterocycles. The Morgan fingerprint density at radius 2 is 1.84 bits per heavy atom. The highest BCUT2D eigenvalue weighted by Gasteiger charge is 2.26. The number of ether oxygens (including phenoxy) is 1. The van der Waals surface area contributed by atoms with Crippen LogP contribution < -0.4 is 14.8 Å². The molecule has 32 heavy (non-hydrogen) atoms. The van der Waals surface area contributed by atoms with Gasteiger partial charge in [0.15, 0.2) is 0 Å². The summed E-state index contributed by atoms with van der Waals surface area (Å²) in [5.41, 5.74) is -0.0555. The van der Waals surface area contributed by atoms with Crippen molar-refractivity contribution in [2.24, 2.45) is 11.8 Å². The lowest BCUT2D eigenvalue weighted by molar-refractivity contribution is -0.122. The fourth-order valence-corrected chi connectivity index (χ4v) is 4.15. The summed E-state index contributed by atoms with van der Waals surface area (Å²) in [6.07, 6.45) is 0. The Hall–Kier alpha value is -2.72. The van der Waals surface area contributed by atoms with Gasteiger partial charge in [-0.05, 0) is 37.1 Å². The zero-order chi connectivity index (χ0) is 24.1. The standard InChI is InChI=1S/C22H28F2N2O5S/c1-5-31-19-12-16(25-21(28)18(13-27)14(2)3)9-10-20(19)32(29,30)26-17-8-6-7-15(11-17)22(4,23)24/h6-12,14,18,26-27H,5,13H2,1-4H3,(H,25,28)/t18-/m0/s1. The van der Waals surface area contributed by atoms with Crippen LogP contribution >= 0.6 is 0 Å². The van der Waals surface area contributed by atoms with E-state index >= 15 is 0 Å². The number of halogens is 2. The Labute approximate surface area is 186 Å². The third-order valence-electron chi connectivity index (χ3n) is 4.76. The fourth-order valence-electron chi connectivity index (χ4n) is 2.97. The van der Waals surface area contributed by atoms with Gasteiger partial charge in [-0.15, -0.1) is 0 Å². The van der Waals surface area contributed by atoms with Crippen molar-refractivity contribution in [3.8, 4) is 5.75 Å². The molecule has 0 radical (unpaired) electrons. The molecular weight excluding hydrogens is 442 g/mol. The lowest BCUT2D eigenvalue weighted by Gasteiger charge is -2.19. The van der Waals surface area contributed by atoms with Crippen molar-refractivity contribution in [2.75, 3.05) is 23.3 Å². The van der Waals surface area contributed by atoms with Crippen molar-refractivity contribution >= 4 is 27.3 Å². The number of aliphatic hydroxyl groups excluding tert-OH is 1. The molecule has 176 valence electrons. The predicted molar refractivity (Wildman–Crippen MR) is 118 cm³/mol. The Balaban J connectivity index is 2.35. The molecule has 0 aliphatic heterocycles. The largest absolute Gasteiger partial charge is 0.492 e. The molecule has 0 heterocycles. The predicted octanol–water partition coefficient (Wildman–Crippen LogP) is 4.20. The smallest absolute Gasteiger partial charge is 0.270 e. The van der Waals surface area contributed by atoms with Crippen LogP contribution in [0.25, 0.3) is 0 Å². The second-order valence-corrected chi connectivity index (χ2v) is 9.34. The van der Waals surface area contributed by atoms with E-state index in [0.29, 0.717) is 5.69 Å². The average Bonchev–Trinajstić information content (AvgIpc) is 2.67. The van der Waals surface area contributed by atoms with E-state index in [2.05, 4.69) is 10.0 Å². The van der Waals surface area contributed by atoms with Gasteiger partial charge >= 0.3 is 0 Å². The van der Waals surface area contributed by atoms with E-state index in [1.807, 2.05) is 0 Å². The number of carbonyl (C=O) groups is 1. The highest BCUT2D eigenvalue weighted by Crippen LogP contribution is 2.32. The summed E-state index contributed by atoms with van der Waals surface area (Å²) < 4.78 is 60.8. The summed E-state index contributed by atoms with van der Waals surface area (Å²) in [5, 5.41) is 12.1. The van der Waals surface area contributed by atoms with Crippen LogP contribution in [0.5, 0.6) is 5.75 Å². The maximum Gasteiger partial charge on any atom is 0.270 e. The number of benzene rings is 2. The van der Waals surface area contributed by atoms with Crippen molar-refractivity contribution in [2.45, 2.75) is 38.5 Å². The molecule has 2 rings (SSSR count). The number of aliphatic hydroxyl groups is 1. The number of hydrogen-bond donors (Lipinski definition) is 3. The summed E-state index contributed by atoms with van der Waals surface area (Å²) in [4.78, 5) is 12.2. The zero-order valence-corrected chi connectivity index (χ0v) is 19.2. The van der Waals surface area contributed by atoms with Crippen LogP contribution in [0.15, 0.2) is 47.4 Å². The van der Waals surface area contributed by atoms with E-state index in [9.17, 15) is 27.1 Å². The minimum atomic E-state index is -4.18. The first-order valence-corrected chi connectivity index (χ1v) is 11.6. The van der Waals surface area contributed by atoms with Crippen LogP contribution in [0, 0.1) is 11.8 Å². The number of amides is 1. The number of nitrogens with one attached hydrogen (secondary N) is 2. The zero-order valence-electron chi connectivity index (χ0n) is 18.4. The molecule has 2 aromatic rings. The first kappa shape index (κ1) is 25.5. The van der Waals surface area contributed by atoms with Gasteiger partial charge in [-0.3, -0.25) is 9.52 Å². The molecule has 0 saturated carbocycles. The SMILES string of the molecule is CCOc1cc(NC(=O)[C@@H](CO)C(C)C)ccc1S(=O)(=O)Nc1cccc(C(C)(F)F)c1. The van der Waals surface area contributed by atoms with Crippen molar-refractivity contribution in [3.05, 3.63) is 48.0 Å². The van der Waals surface area contributed by atoms with Gasteiger partial charge in [0, 0.05) is 29.9 Å². The topological polar surface area (TPSA) is 105 Å². The monoisotopic (exact) mass is 470 g/mol. The van der Waals surface area contributed by atoms with Crippen molar-refractivity contribution in [1.29, 1.82) is 0 Å². The van der Waals surface area contributed by atoms with Crippen LogP contribution in [0.1, 0.15) is 33.3 Å². The minimum Gasteiger partial charge on any atom is -0.492 e. The third kappa shape index (κ3) is 6.39. The first-order chi connectivity index (χ1) is 14.9. The van der Waals surface area contributed by atoms with Gasteiger partial charge in [0.2, 0.25) is 5.91 Å². The van der Waals surface area contributed by atoms with Crippen LogP contribution in [0.2, 0.25) is 0 Å². The van der Waals surface area contributed by atoms with Crippen molar-refractivity contribution < 1.29 is 31.8 Å². The van der Waals surface area contributed by atoms with E-state index in [0.717, 1.165) is 13.0 Å². The summed E-state index contributed by atoms with van der Waals surface area (Å²) in [6, 6.07) is 8.97. The highest BCUT2D eigenvalue weighted by atomic mass is 32.2. The molecule has 0 unspecified atom stereocenters. The third-order valence-corrected chi connectivity index (χ3v) is 6.18. The number of sulfonamides is 1. The lowest BCUT2D eigenvalue weighted by atomic mass is 9.96. The van der Waals surface area contributed by atoms with Crippen LogP contribution in [0.3, 0.4) is 0 Å². The van der Waals surface area contributed by atoms with E-state index in [4.69, 9.17) is 4.74 Å². The molecule has 2 aromatic carbocycles. The maximum absolute atomic E-state index is 13.6. The molecule has 7 nitrogen and oxygen atoms in total. The van der Waals surface area contributed by atoms with Crippen molar-refractivity contribution in [3.63, 3.8) is 0 Å². The second kappa shape index (κ2) is 10.3. The maximum atomic E-state index is 13.6. The van der Waals surface area contributed by atoms with Gasteiger partial charge in [-0.25, -0.2) is 17.2 Å². The number of rotatable bonds is 10. The summed E-state index contributed by atoms with van der Waals surface area (Å²) in [7, 11) is -4.18. The van der Waals surface area contributed by atoms with E-state index in [-0.39, 0.29) is 41.0 Å². The van der Waals surface area contributed by atoms with Gasteiger partial charge in [-0.1, -0.05) is 26.0 Å². The minimum absolute atomic E-state index is 0.0140. The molecule has 0 aliphatic carbocycles. The Morgan fingerprint density at radius 3 is 2.41 bits per heavy atom. The van der Waals surface area contributed by atoms with Crippen LogP contribution in [-0.2, 0) is 20.7 Å². The lowest BCUT2D eigenvalue weighted by Crippen LogP contribution is -2.29. The average molecular weight is 471 g/mol. The molecule has 0 spiro atoms. The van der Waals surface area contributed by atoms with Crippen LogP contribution in [-0.4, -0.2) is 32.6 Å². The van der Waals surface area contributed by atoms with Gasteiger partial charge in [-0.2, -0.15) is 0 Å². The quantitative estimate of drug-likeness (QED) is 0.483. The molecule has 1 atom stereocenters. The molecule has 0 fully saturated rings. The Kier molecular flexibility index (Phi) is 8.19. The molecule has 10 heteroatoms.